The molecule has 1 saturated heterocycles. The second kappa shape index (κ2) is 6.85. The van der Waals surface area contributed by atoms with Crippen molar-refractivity contribution in [2.75, 3.05) is 25.0 Å². The molecule has 1 aromatic carbocycles. The van der Waals surface area contributed by atoms with Crippen molar-refractivity contribution in [3.8, 4) is 0 Å². The zero-order valence-electron chi connectivity index (χ0n) is 11.5. The lowest BCUT2D eigenvalue weighted by Crippen LogP contribution is -2.31. The molecule has 1 aromatic rings. The number of hydrogen-bond donors (Lipinski definition) is 4. The van der Waals surface area contributed by atoms with E-state index in [1.54, 1.807) is 24.3 Å². The van der Waals surface area contributed by atoms with Crippen molar-refractivity contribution in [2.24, 2.45) is 11.7 Å². The molecule has 0 saturated carbocycles. The topological polar surface area (TPSA) is 113 Å². The highest BCUT2D eigenvalue weighted by atomic mass is 16.2. The molecule has 1 atom stereocenters. The average molecular weight is 290 g/mol. The molecule has 1 unspecified atom stereocenters. The van der Waals surface area contributed by atoms with Crippen molar-refractivity contribution in [1.29, 1.82) is 0 Å². The fraction of sp³-hybridized carbons (Fsp3) is 0.357. The summed E-state index contributed by atoms with van der Waals surface area (Å²) < 4.78 is 0. The lowest BCUT2D eigenvalue weighted by molar-refractivity contribution is -0.123. The molecule has 2 rings (SSSR count). The zero-order valence-corrected chi connectivity index (χ0v) is 11.5. The number of carbonyl (C=O) groups is 3. The number of nitrogens with one attached hydrogen (secondary N) is 3. The van der Waals surface area contributed by atoms with Crippen molar-refractivity contribution in [1.82, 2.24) is 10.6 Å². The van der Waals surface area contributed by atoms with Crippen LogP contribution in [0.2, 0.25) is 0 Å². The average Bonchev–Trinajstić information content (AvgIpc) is 2.92. The van der Waals surface area contributed by atoms with Crippen molar-refractivity contribution in [3.63, 3.8) is 0 Å². The highest BCUT2D eigenvalue weighted by molar-refractivity contribution is 6.05. The van der Waals surface area contributed by atoms with E-state index in [4.69, 9.17) is 5.73 Å². The van der Waals surface area contributed by atoms with Crippen molar-refractivity contribution in [2.45, 2.75) is 6.42 Å². The minimum absolute atomic E-state index is 0.135. The molecule has 0 bridgehead atoms. The van der Waals surface area contributed by atoms with Gasteiger partial charge in [0.25, 0.3) is 5.91 Å². The molecular weight excluding hydrogens is 272 g/mol. The number of benzene rings is 1. The maximum absolute atomic E-state index is 12.1. The molecule has 7 heteroatoms. The van der Waals surface area contributed by atoms with Crippen molar-refractivity contribution >= 4 is 23.4 Å². The lowest BCUT2D eigenvalue weighted by Gasteiger charge is -2.13. The van der Waals surface area contributed by atoms with Gasteiger partial charge in [-0.25, -0.2) is 0 Å². The van der Waals surface area contributed by atoms with E-state index in [1.807, 2.05) is 0 Å². The minimum Gasteiger partial charge on any atom is -0.355 e. The molecule has 1 fully saturated rings. The van der Waals surface area contributed by atoms with Crippen LogP contribution in [0.4, 0.5) is 5.69 Å². The van der Waals surface area contributed by atoms with Gasteiger partial charge in [-0.15, -0.1) is 0 Å². The third-order valence-electron chi connectivity index (χ3n) is 3.21. The molecule has 0 aliphatic carbocycles. The van der Waals surface area contributed by atoms with Crippen LogP contribution in [0.3, 0.4) is 0 Å². The van der Waals surface area contributed by atoms with Crippen LogP contribution >= 0.6 is 0 Å². The summed E-state index contributed by atoms with van der Waals surface area (Å²) in [6.45, 7) is 1.03. The van der Waals surface area contributed by atoms with Gasteiger partial charge in [0.2, 0.25) is 11.8 Å². The van der Waals surface area contributed by atoms with Gasteiger partial charge in [0.1, 0.15) is 0 Å². The molecule has 0 radical (unpaired) electrons. The quantitative estimate of drug-likeness (QED) is 0.582. The van der Waals surface area contributed by atoms with E-state index in [0.717, 1.165) is 0 Å². The number of carbonyl (C=O) groups excluding carboxylic acids is 3. The summed E-state index contributed by atoms with van der Waals surface area (Å²) in [6, 6.07) is 6.72. The summed E-state index contributed by atoms with van der Waals surface area (Å²) in [4.78, 5) is 35.2. The number of rotatable bonds is 5. The molecule has 112 valence electrons. The summed E-state index contributed by atoms with van der Waals surface area (Å²) in [5, 5.41) is 7.97. The van der Waals surface area contributed by atoms with E-state index in [0.29, 0.717) is 30.9 Å². The van der Waals surface area contributed by atoms with Crippen LogP contribution in [-0.4, -0.2) is 37.4 Å². The van der Waals surface area contributed by atoms with Gasteiger partial charge >= 0.3 is 0 Å². The molecule has 1 heterocycles. The minimum atomic E-state index is -0.405. The third kappa shape index (κ3) is 3.79. The van der Waals surface area contributed by atoms with Crippen LogP contribution < -0.4 is 21.7 Å². The molecular formula is C14H18N4O3. The maximum atomic E-state index is 12.1. The molecule has 5 N–H and O–H groups in total. The van der Waals surface area contributed by atoms with Gasteiger partial charge in [-0.05, 0) is 12.1 Å². The van der Waals surface area contributed by atoms with E-state index < -0.39 is 5.92 Å². The monoisotopic (exact) mass is 290 g/mol. The number of anilines is 1. The van der Waals surface area contributed by atoms with Gasteiger partial charge in [-0.2, -0.15) is 0 Å². The van der Waals surface area contributed by atoms with E-state index in [2.05, 4.69) is 16.0 Å². The van der Waals surface area contributed by atoms with Crippen LogP contribution in [0.25, 0.3) is 0 Å². The Bertz CT molecular complexity index is 559. The zero-order chi connectivity index (χ0) is 15.2. The predicted molar refractivity (Wildman–Crippen MR) is 77.6 cm³/mol. The number of amides is 3. The Morgan fingerprint density at radius 3 is 2.76 bits per heavy atom. The summed E-state index contributed by atoms with van der Waals surface area (Å²) in [5.74, 6) is -1.11. The van der Waals surface area contributed by atoms with Crippen LogP contribution in [0, 0.1) is 5.92 Å². The summed E-state index contributed by atoms with van der Waals surface area (Å²) >= 11 is 0. The molecule has 1 aliphatic rings. The smallest absolute Gasteiger partial charge is 0.253 e. The van der Waals surface area contributed by atoms with Gasteiger partial charge < -0.3 is 21.7 Å². The standard InChI is InChI=1S/C14H18N4O3/c15-5-6-16-14(21)10-3-1-2-4-11(10)18-13(20)9-7-12(19)17-8-9/h1-4,9H,5-8,15H2,(H,16,21)(H,17,19)(H,18,20). The Hall–Kier alpha value is -2.41. The van der Waals surface area contributed by atoms with Crippen LogP contribution in [0.15, 0.2) is 24.3 Å². The third-order valence-corrected chi connectivity index (χ3v) is 3.21. The Morgan fingerprint density at radius 1 is 1.33 bits per heavy atom. The van der Waals surface area contributed by atoms with Gasteiger partial charge in [-0.1, -0.05) is 12.1 Å². The molecule has 0 spiro atoms. The molecule has 0 aromatic heterocycles. The first-order valence-corrected chi connectivity index (χ1v) is 6.76. The largest absolute Gasteiger partial charge is 0.355 e. The van der Waals surface area contributed by atoms with Gasteiger partial charge in [0, 0.05) is 26.1 Å². The molecule has 1 aliphatic heterocycles. The lowest BCUT2D eigenvalue weighted by atomic mass is 10.1. The van der Waals surface area contributed by atoms with E-state index in [1.165, 1.54) is 0 Å². The number of nitrogens with two attached hydrogens (primary N) is 1. The number of hydrogen-bond acceptors (Lipinski definition) is 4. The first-order chi connectivity index (χ1) is 10.1. The molecule has 3 amide bonds. The predicted octanol–water partition coefficient (Wildman–Crippen LogP) is -0.550. The molecule has 7 nitrogen and oxygen atoms in total. The Morgan fingerprint density at radius 2 is 2.10 bits per heavy atom. The summed E-state index contributed by atoms with van der Waals surface area (Å²) in [6.07, 6.45) is 0.174. The number of para-hydroxylation sites is 1. The van der Waals surface area contributed by atoms with E-state index in [9.17, 15) is 14.4 Å². The first-order valence-electron chi connectivity index (χ1n) is 6.76. The van der Waals surface area contributed by atoms with Crippen LogP contribution in [0.5, 0.6) is 0 Å². The molecule has 21 heavy (non-hydrogen) atoms. The fourth-order valence-corrected chi connectivity index (χ4v) is 2.10. The van der Waals surface area contributed by atoms with Gasteiger partial charge in [-0.3, -0.25) is 14.4 Å². The highest BCUT2D eigenvalue weighted by Gasteiger charge is 2.28. The Kier molecular flexibility index (Phi) is 4.89. The van der Waals surface area contributed by atoms with E-state index >= 15 is 0 Å². The Labute approximate surface area is 122 Å². The Balaban J connectivity index is 2.07. The first kappa shape index (κ1) is 15.0. The van der Waals surface area contributed by atoms with Crippen molar-refractivity contribution < 1.29 is 14.4 Å². The summed E-state index contributed by atoms with van der Waals surface area (Å²) in [5.41, 5.74) is 6.15. The SMILES string of the molecule is NCCNC(=O)c1ccccc1NC(=O)C1CNC(=O)C1. The normalized spacial score (nSPS) is 17.2. The second-order valence-electron chi connectivity index (χ2n) is 4.78. The fourth-order valence-electron chi connectivity index (χ4n) is 2.10. The second-order valence-corrected chi connectivity index (χ2v) is 4.78. The van der Waals surface area contributed by atoms with E-state index in [-0.39, 0.29) is 24.1 Å². The highest BCUT2D eigenvalue weighted by Crippen LogP contribution is 2.18. The van der Waals surface area contributed by atoms with Gasteiger partial charge in [0.05, 0.1) is 17.2 Å². The van der Waals surface area contributed by atoms with Gasteiger partial charge in [0.15, 0.2) is 0 Å². The maximum Gasteiger partial charge on any atom is 0.253 e. The van der Waals surface area contributed by atoms with Crippen LogP contribution in [-0.2, 0) is 9.59 Å². The van der Waals surface area contributed by atoms with Crippen LogP contribution in [0.1, 0.15) is 16.8 Å². The summed E-state index contributed by atoms with van der Waals surface area (Å²) in [7, 11) is 0. The van der Waals surface area contributed by atoms with Crippen molar-refractivity contribution in [3.05, 3.63) is 29.8 Å².